The molecule has 214 valence electrons. The van der Waals surface area contributed by atoms with Crippen molar-refractivity contribution in [3.8, 4) is 5.75 Å². The summed E-state index contributed by atoms with van der Waals surface area (Å²) in [7, 11) is 2.39. The van der Waals surface area contributed by atoms with E-state index < -0.39 is 84.3 Å². The molecular formula is C20H16ClF12N3O2. The summed E-state index contributed by atoms with van der Waals surface area (Å²) in [5, 5.41) is 4.04. The molecule has 0 fully saturated rings. The van der Waals surface area contributed by atoms with Gasteiger partial charge < -0.3 is 9.64 Å². The van der Waals surface area contributed by atoms with Gasteiger partial charge in [0.15, 0.2) is 24.0 Å². The number of carbonyl (C=O) groups is 1. The van der Waals surface area contributed by atoms with Gasteiger partial charge in [-0.2, -0.15) is 40.2 Å². The number of amides is 1. The number of hydrogen-bond donors (Lipinski definition) is 0. The van der Waals surface area contributed by atoms with Crippen LogP contribution in [0.25, 0.3) is 0 Å². The Morgan fingerprint density at radius 1 is 1.03 bits per heavy atom. The second kappa shape index (κ2) is 10.7. The van der Waals surface area contributed by atoms with E-state index in [0.717, 1.165) is 7.05 Å². The number of alkyl halides is 8. The first kappa shape index (κ1) is 31.4. The van der Waals surface area contributed by atoms with E-state index in [0.29, 0.717) is 10.6 Å². The van der Waals surface area contributed by atoms with Crippen molar-refractivity contribution in [3.05, 3.63) is 45.2 Å². The molecule has 38 heavy (non-hydrogen) atoms. The highest BCUT2D eigenvalue weighted by Gasteiger charge is 2.75. The molecule has 0 saturated heterocycles. The van der Waals surface area contributed by atoms with Gasteiger partial charge in [-0.3, -0.25) is 9.48 Å². The van der Waals surface area contributed by atoms with E-state index in [1.165, 1.54) is 18.7 Å². The Morgan fingerprint density at radius 3 is 1.95 bits per heavy atom. The average Bonchev–Trinajstić information content (AvgIpc) is 3.05. The van der Waals surface area contributed by atoms with Crippen LogP contribution in [-0.4, -0.2) is 58.4 Å². The minimum absolute atomic E-state index is 0.0962. The summed E-state index contributed by atoms with van der Waals surface area (Å²) in [4.78, 5) is 13.0. The van der Waals surface area contributed by atoms with Crippen LogP contribution in [0.15, 0.2) is 0 Å². The second-order valence-electron chi connectivity index (χ2n) is 7.95. The van der Waals surface area contributed by atoms with Gasteiger partial charge in [-0.25, -0.2) is 17.6 Å². The highest BCUT2D eigenvalue weighted by Crippen LogP contribution is 2.48. The molecule has 0 bridgehead atoms. The third kappa shape index (κ3) is 5.47. The van der Waals surface area contributed by atoms with Crippen molar-refractivity contribution in [2.45, 2.75) is 44.1 Å². The van der Waals surface area contributed by atoms with Crippen molar-refractivity contribution < 1.29 is 62.2 Å². The maximum Gasteiger partial charge on any atom is 0.381 e. The van der Waals surface area contributed by atoms with Gasteiger partial charge in [0.05, 0.1) is 29.4 Å². The normalized spacial score (nSPS) is 12.9. The monoisotopic (exact) mass is 593 g/mol. The lowest BCUT2D eigenvalue weighted by Gasteiger charge is -2.32. The lowest BCUT2D eigenvalue weighted by molar-refractivity contribution is -0.342. The van der Waals surface area contributed by atoms with Gasteiger partial charge in [-0.1, -0.05) is 11.6 Å². The van der Waals surface area contributed by atoms with Crippen molar-refractivity contribution in [2.75, 3.05) is 13.7 Å². The Balaban J connectivity index is 2.30. The minimum atomic E-state index is -6.80. The van der Waals surface area contributed by atoms with Gasteiger partial charge in [-0.05, 0) is 6.92 Å². The predicted octanol–water partition coefficient (Wildman–Crippen LogP) is 5.69. The first-order valence-electron chi connectivity index (χ1n) is 10.00. The summed E-state index contributed by atoms with van der Waals surface area (Å²) in [5.41, 5.74) is -0.937. The molecule has 1 aromatic carbocycles. The first-order chi connectivity index (χ1) is 17.2. The van der Waals surface area contributed by atoms with Gasteiger partial charge in [0.1, 0.15) is 0 Å². The average molecular weight is 594 g/mol. The van der Waals surface area contributed by atoms with Crippen LogP contribution in [0.5, 0.6) is 5.75 Å². The van der Waals surface area contributed by atoms with E-state index in [1.807, 2.05) is 0 Å². The lowest BCUT2D eigenvalue weighted by Crippen LogP contribution is -2.59. The molecule has 1 amide bonds. The van der Waals surface area contributed by atoms with E-state index in [4.69, 9.17) is 11.6 Å². The molecule has 1 aromatic heterocycles. The highest BCUT2D eigenvalue weighted by atomic mass is 35.5. The van der Waals surface area contributed by atoms with Gasteiger partial charge in [0.25, 0.3) is 0 Å². The molecule has 0 saturated carbocycles. The SMILES string of the molecule is Cc1nn(C)c(CC(=O)N(C)Cc2c(F)c(F)c(OCC(F)(F)C(F)(F)C(F)(F)C(F)F)c(F)c2F)c1Cl. The third-order valence-electron chi connectivity index (χ3n) is 5.27. The summed E-state index contributed by atoms with van der Waals surface area (Å²) in [5.74, 6) is -32.5. The van der Waals surface area contributed by atoms with Crippen molar-refractivity contribution in [1.29, 1.82) is 0 Å². The maximum absolute atomic E-state index is 14.4. The fraction of sp³-hybridized carbons (Fsp3) is 0.500. The molecule has 1 heterocycles. The van der Waals surface area contributed by atoms with Crippen LogP contribution in [0.1, 0.15) is 17.0 Å². The van der Waals surface area contributed by atoms with E-state index in [9.17, 15) is 57.5 Å². The van der Waals surface area contributed by atoms with Crippen LogP contribution in [0, 0.1) is 30.2 Å². The molecule has 0 unspecified atom stereocenters. The van der Waals surface area contributed by atoms with Crippen LogP contribution < -0.4 is 4.74 Å². The van der Waals surface area contributed by atoms with Crippen molar-refractivity contribution in [3.63, 3.8) is 0 Å². The minimum Gasteiger partial charge on any atom is -0.481 e. The molecule has 0 N–H and O–H groups in total. The van der Waals surface area contributed by atoms with Crippen molar-refractivity contribution in [1.82, 2.24) is 14.7 Å². The zero-order valence-corrected chi connectivity index (χ0v) is 20.0. The van der Waals surface area contributed by atoms with Crippen LogP contribution in [0.2, 0.25) is 5.02 Å². The zero-order valence-electron chi connectivity index (χ0n) is 19.3. The quantitative estimate of drug-likeness (QED) is 0.263. The molecule has 0 atom stereocenters. The summed E-state index contributed by atoms with van der Waals surface area (Å²) < 4.78 is 166. The Kier molecular flexibility index (Phi) is 8.85. The Morgan fingerprint density at radius 2 is 1.53 bits per heavy atom. The van der Waals surface area contributed by atoms with Crippen molar-refractivity contribution >= 4 is 17.5 Å². The fourth-order valence-corrected chi connectivity index (χ4v) is 3.26. The predicted molar refractivity (Wildman–Crippen MR) is 106 cm³/mol. The molecule has 2 aromatic rings. The molecule has 0 aliphatic rings. The number of halogens is 13. The first-order valence-corrected chi connectivity index (χ1v) is 10.4. The molecule has 0 aliphatic heterocycles. The van der Waals surface area contributed by atoms with E-state index in [-0.39, 0.29) is 10.7 Å². The van der Waals surface area contributed by atoms with E-state index in [1.54, 1.807) is 0 Å². The molecular weight excluding hydrogens is 578 g/mol. The summed E-state index contributed by atoms with van der Waals surface area (Å²) in [6.45, 7) is -2.70. The number of aromatic nitrogens is 2. The molecule has 0 radical (unpaired) electrons. The third-order valence-corrected chi connectivity index (χ3v) is 5.76. The van der Waals surface area contributed by atoms with Gasteiger partial charge in [0, 0.05) is 19.7 Å². The Labute approximate surface area is 210 Å². The maximum atomic E-state index is 14.4. The number of ether oxygens (including phenoxy) is 1. The van der Waals surface area contributed by atoms with E-state index in [2.05, 4.69) is 9.84 Å². The number of aryl methyl sites for hydroxylation is 2. The summed E-state index contributed by atoms with van der Waals surface area (Å²) in [6.07, 6.45) is -5.75. The smallest absolute Gasteiger partial charge is 0.381 e. The molecule has 2 rings (SSSR count). The molecule has 5 nitrogen and oxygen atoms in total. The number of carbonyl (C=O) groups excluding carboxylic acids is 1. The zero-order chi connectivity index (χ0) is 29.5. The Bertz CT molecular complexity index is 1190. The largest absolute Gasteiger partial charge is 0.481 e. The fourth-order valence-electron chi connectivity index (χ4n) is 3.03. The number of benzene rings is 1. The number of hydrogen-bond acceptors (Lipinski definition) is 3. The summed E-state index contributed by atoms with van der Waals surface area (Å²) in [6, 6.07) is 0. The lowest BCUT2D eigenvalue weighted by atomic mass is 10.1. The highest BCUT2D eigenvalue weighted by molar-refractivity contribution is 6.32. The molecule has 18 heteroatoms. The molecule has 0 aliphatic carbocycles. The van der Waals surface area contributed by atoms with Crippen LogP contribution in [0.3, 0.4) is 0 Å². The number of rotatable bonds is 10. The second-order valence-corrected chi connectivity index (χ2v) is 8.33. The Hall–Kier alpha value is -2.85. The van der Waals surface area contributed by atoms with Crippen LogP contribution in [-0.2, 0) is 24.8 Å². The number of likely N-dealkylation sites (N-methyl/N-ethyl adjacent to an activating group) is 1. The molecule has 0 spiro atoms. The van der Waals surface area contributed by atoms with Gasteiger partial charge in [-0.15, -0.1) is 0 Å². The van der Waals surface area contributed by atoms with Gasteiger partial charge >= 0.3 is 24.2 Å². The van der Waals surface area contributed by atoms with Gasteiger partial charge in [0.2, 0.25) is 17.5 Å². The topological polar surface area (TPSA) is 47.4 Å². The van der Waals surface area contributed by atoms with Crippen LogP contribution in [0.4, 0.5) is 52.7 Å². The summed E-state index contributed by atoms with van der Waals surface area (Å²) >= 11 is 6.00. The van der Waals surface area contributed by atoms with Crippen molar-refractivity contribution in [2.24, 2.45) is 7.05 Å². The standard InChI is InChI=1S/C20H16ClF12N3O2/c1-7-11(21)9(36(3)34-7)4-10(37)35(2)5-8-12(22)14(24)16(15(25)13(8)23)38-6-18(28,29)20(32,33)19(30,31)17(26)27/h17H,4-6H2,1-3H3. The van der Waals surface area contributed by atoms with E-state index >= 15 is 0 Å². The number of nitrogens with zero attached hydrogens (tertiary/aromatic N) is 3. The van der Waals surface area contributed by atoms with Crippen LogP contribution >= 0.6 is 11.6 Å².